The number of amides is 1. The van der Waals surface area contributed by atoms with Crippen LogP contribution in [-0.2, 0) is 17.8 Å². The number of carbonyl (C=O) groups is 1. The normalized spacial score (nSPS) is 19.0. The number of methoxy groups -OCH3 is 2. The van der Waals surface area contributed by atoms with Crippen molar-refractivity contribution >= 4 is 5.91 Å². The Morgan fingerprint density at radius 1 is 1.38 bits per heavy atom. The molecule has 3 rings (SSSR count). The molecule has 0 radical (unpaired) electrons. The maximum absolute atomic E-state index is 12.8. The number of ether oxygens (including phenoxy) is 2. The fraction of sp³-hybridized carbons (Fsp3) is 0.667. The SMILES string of the molecule is COC[C@H](C)NCc1cc2c(nc1OC)CN(C1CCCC1)C2=O. The number of nitrogens with zero attached hydrogens (tertiary/aromatic N) is 2. The van der Waals surface area contributed by atoms with Crippen molar-refractivity contribution in [3.8, 4) is 5.88 Å². The van der Waals surface area contributed by atoms with Gasteiger partial charge in [0, 0.05) is 31.3 Å². The Morgan fingerprint density at radius 2 is 2.12 bits per heavy atom. The predicted molar refractivity (Wildman–Crippen MR) is 91.1 cm³/mol. The zero-order valence-corrected chi connectivity index (χ0v) is 14.8. The topological polar surface area (TPSA) is 63.7 Å². The lowest BCUT2D eigenvalue weighted by molar-refractivity contribution is 0.0706. The van der Waals surface area contributed by atoms with Crippen LogP contribution in [0.2, 0.25) is 0 Å². The summed E-state index contributed by atoms with van der Waals surface area (Å²) in [6.45, 7) is 3.91. The summed E-state index contributed by atoms with van der Waals surface area (Å²) in [5, 5.41) is 3.38. The molecule has 0 bridgehead atoms. The second-order valence-electron chi connectivity index (χ2n) is 6.76. The van der Waals surface area contributed by atoms with Crippen molar-refractivity contribution in [3.63, 3.8) is 0 Å². The van der Waals surface area contributed by atoms with Crippen molar-refractivity contribution < 1.29 is 14.3 Å². The highest BCUT2D eigenvalue weighted by molar-refractivity contribution is 5.98. The molecule has 0 aromatic carbocycles. The van der Waals surface area contributed by atoms with E-state index in [0.29, 0.717) is 31.6 Å². The molecule has 0 saturated heterocycles. The number of aromatic nitrogens is 1. The molecular weight excluding hydrogens is 306 g/mol. The minimum atomic E-state index is 0.123. The smallest absolute Gasteiger partial charge is 0.256 e. The Balaban J connectivity index is 1.77. The molecular formula is C18H27N3O3. The van der Waals surface area contributed by atoms with Gasteiger partial charge in [-0.3, -0.25) is 4.79 Å². The molecule has 1 saturated carbocycles. The Morgan fingerprint density at radius 3 is 2.79 bits per heavy atom. The van der Waals surface area contributed by atoms with Gasteiger partial charge in [-0.2, -0.15) is 0 Å². The molecule has 1 fully saturated rings. The van der Waals surface area contributed by atoms with E-state index in [1.807, 2.05) is 11.0 Å². The molecule has 1 N–H and O–H groups in total. The third-order valence-corrected chi connectivity index (χ3v) is 4.97. The molecule has 2 aliphatic rings. The zero-order valence-electron chi connectivity index (χ0n) is 14.8. The molecule has 6 heteroatoms. The first-order valence-electron chi connectivity index (χ1n) is 8.74. The van der Waals surface area contributed by atoms with Crippen LogP contribution in [-0.4, -0.2) is 48.7 Å². The third kappa shape index (κ3) is 3.39. The van der Waals surface area contributed by atoms with E-state index < -0.39 is 0 Å². The minimum absolute atomic E-state index is 0.123. The molecule has 1 aliphatic heterocycles. The Bertz CT molecular complexity index is 599. The Kier molecular flexibility index (Phi) is 5.36. The lowest BCUT2D eigenvalue weighted by Crippen LogP contribution is -2.33. The van der Waals surface area contributed by atoms with Crippen LogP contribution in [0.25, 0.3) is 0 Å². The van der Waals surface area contributed by atoms with Crippen molar-refractivity contribution in [1.29, 1.82) is 0 Å². The lowest BCUT2D eigenvalue weighted by Gasteiger charge is -2.22. The Labute approximate surface area is 143 Å². The predicted octanol–water partition coefficient (Wildman–Crippen LogP) is 2.11. The van der Waals surface area contributed by atoms with Crippen LogP contribution in [0.5, 0.6) is 5.88 Å². The zero-order chi connectivity index (χ0) is 17.1. The highest BCUT2D eigenvalue weighted by Gasteiger charge is 2.35. The van der Waals surface area contributed by atoms with E-state index in [1.54, 1.807) is 14.2 Å². The number of nitrogens with one attached hydrogen (secondary N) is 1. The highest BCUT2D eigenvalue weighted by atomic mass is 16.5. The summed E-state index contributed by atoms with van der Waals surface area (Å²) < 4.78 is 10.6. The summed E-state index contributed by atoms with van der Waals surface area (Å²) in [5.41, 5.74) is 2.50. The fourth-order valence-electron chi connectivity index (χ4n) is 3.67. The van der Waals surface area contributed by atoms with Gasteiger partial charge >= 0.3 is 0 Å². The first-order valence-corrected chi connectivity index (χ1v) is 8.74. The van der Waals surface area contributed by atoms with E-state index >= 15 is 0 Å². The molecule has 0 unspecified atom stereocenters. The van der Waals surface area contributed by atoms with E-state index in [4.69, 9.17) is 9.47 Å². The van der Waals surface area contributed by atoms with Crippen LogP contribution in [0.3, 0.4) is 0 Å². The van der Waals surface area contributed by atoms with E-state index in [1.165, 1.54) is 12.8 Å². The first-order chi connectivity index (χ1) is 11.6. The van der Waals surface area contributed by atoms with Gasteiger partial charge in [0.25, 0.3) is 5.91 Å². The summed E-state index contributed by atoms with van der Waals surface area (Å²) >= 11 is 0. The molecule has 24 heavy (non-hydrogen) atoms. The molecule has 1 atom stereocenters. The number of carbonyl (C=O) groups excluding carboxylic acids is 1. The monoisotopic (exact) mass is 333 g/mol. The third-order valence-electron chi connectivity index (χ3n) is 4.97. The highest BCUT2D eigenvalue weighted by Crippen LogP contribution is 2.33. The van der Waals surface area contributed by atoms with Gasteiger partial charge in [-0.25, -0.2) is 4.98 Å². The van der Waals surface area contributed by atoms with Crippen molar-refractivity contribution in [1.82, 2.24) is 15.2 Å². The van der Waals surface area contributed by atoms with Gasteiger partial charge in [-0.15, -0.1) is 0 Å². The summed E-state index contributed by atoms with van der Waals surface area (Å²) in [6, 6.07) is 2.55. The van der Waals surface area contributed by atoms with Gasteiger partial charge in [-0.1, -0.05) is 12.8 Å². The molecule has 1 amide bonds. The largest absolute Gasteiger partial charge is 0.481 e. The molecule has 0 spiro atoms. The van der Waals surface area contributed by atoms with Gasteiger partial charge in [-0.05, 0) is 25.8 Å². The van der Waals surface area contributed by atoms with Gasteiger partial charge < -0.3 is 19.7 Å². The molecule has 1 aliphatic carbocycles. The van der Waals surface area contributed by atoms with Crippen molar-refractivity contribution in [2.75, 3.05) is 20.8 Å². The van der Waals surface area contributed by atoms with Crippen LogP contribution < -0.4 is 10.1 Å². The van der Waals surface area contributed by atoms with Crippen LogP contribution in [0.1, 0.15) is 54.2 Å². The number of hydrogen-bond acceptors (Lipinski definition) is 5. The Hall–Kier alpha value is -1.66. The van der Waals surface area contributed by atoms with Crippen LogP contribution >= 0.6 is 0 Å². The van der Waals surface area contributed by atoms with E-state index in [9.17, 15) is 4.79 Å². The molecule has 1 aromatic heterocycles. The average Bonchev–Trinajstić information content (AvgIpc) is 3.20. The average molecular weight is 333 g/mol. The second-order valence-corrected chi connectivity index (χ2v) is 6.76. The summed E-state index contributed by atoms with van der Waals surface area (Å²) in [7, 11) is 3.31. The summed E-state index contributed by atoms with van der Waals surface area (Å²) in [4.78, 5) is 19.4. The van der Waals surface area contributed by atoms with Crippen LogP contribution in [0.4, 0.5) is 0 Å². The standard InChI is InChI=1S/C18H27N3O3/c1-12(11-23-2)19-9-13-8-15-16(20-17(13)24-3)10-21(18(15)22)14-6-4-5-7-14/h8,12,14,19H,4-7,9-11H2,1-3H3/t12-/m0/s1. The van der Waals surface area contributed by atoms with Gasteiger partial charge in [0.05, 0.1) is 31.5 Å². The lowest BCUT2D eigenvalue weighted by atomic mass is 10.1. The van der Waals surface area contributed by atoms with Gasteiger partial charge in [0.15, 0.2) is 0 Å². The van der Waals surface area contributed by atoms with Crippen molar-refractivity contribution in [2.45, 2.75) is 57.8 Å². The number of fused-ring (bicyclic) bond motifs is 1. The van der Waals surface area contributed by atoms with Crippen LogP contribution in [0, 0.1) is 0 Å². The molecule has 132 valence electrons. The van der Waals surface area contributed by atoms with Crippen molar-refractivity contribution in [2.24, 2.45) is 0 Å². The summed E-state index contributed by atoms with van der Waals surface area (Å²) in [5.74, 6) is 0.727. The number of pyridine rings is 1. The van der Waals surface area contributed by atoms with E-state index in [-0.39, 0.29) is 11.9 Å². The first kappa shape index (κ1) is 17.2. The van der Waals surface area contributed by atoms with Crippen molar-refractivity contribution in [3.05, 3.63) is 22.9 Å². The summed E-state index contributed by atoms with van der Waals surface area (Å²) in [6.07, 6.45) is 4.65. The number of hydrogen-bond donors (Lipinski definition) is 1. The fourth-order valence-corrected chi connectivity index (χ4v) is 3.67. The molecule has 6 nitrogen and oxygen atoms in total. The minimum Gasteiger partial charge on any atom is -0.481 e. The quantitative estimate of drug-likeness (QED) is 0.828. The maximum Gasteiger partial charge on any atom is 0.256 e. The van der Waals surface area contributed by atoms with E-state index in [0.717, 1.165) is 29.7 Å². The van der Waals surface area contributed by atoms with Crippen LogP contribution in [0.15, 0.2) is 6.07 Å². The van der Waals surface area contributed by atoms with E-state index in [2.05, 4.69) is 17.2 Å². The molecule has 1 aromatic rings. The molecule has 2 heterocycles. The number of rotatable bonds is 7. The van der Waals surface area contributed by atoms with Gasteiger partial charge in [0.2, 0.25) is 5.88 Å². The van der Waals surface area contributed by atoms with Gasteiger partial charge in [0.1, 0.15) is 0 Å². The maximum atomic E-state index is 12.8. The second kappa shape index (κ2) is 7.49.